The predicted molar refractivity (Wildman–Crippen MR) is 114 cm³/mol. The molecule has 2 aliphatic heterocycles. The molecule has 0 saturated carbocycles. The molecule has 2 unspecified atom stereocenters. The van der Waals surface area contributed by atoms with Crippen molar-refractivity contribution in [1.82, 2.24) is 29.4 Å². The van der Waals surface area contributed by atoms with Crippen molar-refractivity contribution in [1.29, 1.82) is 0 Å². The van der Waals surface area contributed by atoms with Crippen LogP contribution in [0.15, 0.2) is 23.9 Å². The minimum Gasteiger partial charge on any atom is -0.297 e. The number of carbonyl (C=O) groups is 1. The lowest BCUT2D eigenvalue weighted by Gasteiger charge is -2.32. The second kappa shape index (κ2) is 7.02. The summed E-state index contributed by atoms with van der Waals surface area (Å²) in [6, 6.07) is 3.98. The van der Waals surface area contributed by atoms with Crippen LogP contribution in [0.3, 0.4) is 0 Å². The topological polar surface area (TPSA) is 68.8 Å². The average Bonchev–Trinajstić information content (AvgIpc) is 3.35. The second-order valence-corrected chi connectivity index (χ2v) is 8.54. The number of hydrogen-bond acceptors (Lipinski definition) is 4. The summed E-state index contributed by atoms with van der Waals surface area (Å²) in [5.74, 6) is 0.987. The van der Waals surface area contributed by atoms with Crippen LogP contribution >= 0.6 is 11.6 Å². The van der Waals surface area contributed by atoms with E-state index in [9.17, 15) is 4.79 Å². The Labute approximate surface area is 184 Å². The largest absolute Gasteiger partial charge is 0.297 e. The molecule has 2 aromatic heterocycles. The van der Waals surface area contributed by atoms with E-state index in [1.54, 1.807) is 21.7 Å². The maximum atomic E-state index is 15.1. The summed E-state index contributed by atoms with van der Waals surface area (Å²) in [5.41, 5.74) is 3.16. The molecule has 31 heavy (non-hydrogen) atoms. The first-order chi connectivity index (χ1) is 14.8. The Kier molecular flexibility index (Phi) is 4.51. The van der Waals surface area contributed by atoms with Gasteiger partial charge in [0.2, 0.25) is 0 Å². The van der Waals surface area contributed by atoms with Crippen LogP contribution in [-0.4, -0.2) is 35.4 Å². The highest BCUT2D eigenvalue weighted by Crippen LogP contribution is 2.46. The normalized spacial score (nSPS) is 20.1. The van der Waals surface area contributed by atoms with E-state index < -0.39 is 11.9 Å². The highest BCUT2D eigenvalue weighted by Gasteiger charge is 2.46. The van der Waals surface area contributed by atoms with Gasteiger partial charge in [0.05, 0.1) is 6.04 Å². The summed E-state index contributed by atoms with van der Waals surface area (Å²) in [4.78, 5) is 15.3. The van der Waals surface area contributed by atoms with Crippen molar-refractivity contribution in [3.63, 3.8) is 0 Å². The zero-order valence-corrected chi connectivity index (χ0v) is 18.5. The highest BCUT2D eigenvalue weighted by atomic mass is 35.5. The van der Waals surface area contributed by atoms with Crippen molar-refractivity contribution in [2.75, 3.05) is 0 Å². The molecule has 0 radical (unpaired) electrons. The number of amides is 1. The fourth-order valence-electron chi connectivity index (χ4n) is 4.68. The van der Waals surface area contributed by atoms with Gasteiger partial charge in [-0.1, -0.05) is 24.6 Å². The van der Waals surface area contributed by atoms with E-state index in [1.165, 1.54) is 6.07 Å². The van der Waals surface area contributed by atoms with E-state index in [4.69, 9.17) is 11.6 Å². The Morgan fingerprint density at radius 2 is 2.03 bits per heavy atom. The molecule has 4 heterocycles. The number of benzene rings is 1. The Morgan fingerprint density at radius 3 is 2.74 bits per heavy atom. The molecule has 1 amide bonds. The molecule has 2 aliphatic rings. The molecule has 0 N–H and O–H groups in total. The molecule has 1 aromatic carbocycles. The van der Waals surface area contributed by atoms with Gasteiger partial charge in [-0.25, -0.2) is 4.39 Å². The van der Waals surface area contributed by atoms with Gasteiger partial charge in [-0.2, -0.15) is 5.10 Å². The first kappa shape index (κ1) is 19.9. The third-order valence-electron chi connectivity index (χ3n) is 6.20. The fraction of sp³-hybridized carbons (Fsp3) is 0.364. The molecule has 0 spiro atoms. The Balaban J connectivity index is 1.72. The number of hydrogen-bond donors (Lipinski definition) is 0. The van der Waals surface area contributed by atoms with Gasteiger partial charge in [0.15, 0.2) is 5.69 Å². The molecule has 0 aliphatic carbocycles. The molecule has 0 fully saturated rings. The monoisotopic (exact) mass is 440 g/mol. The van der Waals surface area contributed by atoms with E-state index in [0.717, 1.165) is 28.6 Å². The van der Waals surface area contributed by atoms with Crippen molar-refractivity contribution in [2.45, 2.75) is 52.6 Å². The molecule has 0 saturated heterocycles. The number of carbonyl (C=O) groups excluding carboxylic acids is 1. The van der Waals surface area contributed by atoms with Crippen LogP contribution in [0, 0.1) is 19.7 Å². The van der Waals surface area contributed by atoms with Gasteiger partial charge < -0.3 is 0 Å². The van der Waals surface area contributed by atoms with Crippen LogP contribution < -0.4 is 0 Å². The number of fused-ring (bicyclic) bond motifs is 2. The Bertz CT molecular complexity index is 1260. The number of allylic oxidation sites excluding steroid dienone is 1. The van der Waals surface area contributed by atoms with Crippen molar-refractivity contribution in [2.24, 2.45) is 0 Å². The summed E-state index contributed by atoms with van der Waals surface area (Å²) >= 11 is 6.01. The predicted octanol–water partition coefficient (Wildman–Crippen LogP) is 4.45. The smallest absolute Gasteiger partial charge is 0.279 e. The molecule has 160 valence electrons. The Morgan fingerprint density at radius 1 is 1.26 bits per heavy atom. The molecule has 3 aromatic rings. The van der Waals surface area contributed by atoms with Crippen molar-refractivity contribution in [3.8, 4) is 0 Å². The molecule has 7 nitrogen and oxygen atoms in total. The van der Waals surface area contributed by atoms with Crippen molar-refractivity contribution >= 4 is 23.7 Å². The van der Waals surface area contributed by atoms with Crippen LogP contribution in [0.4, 0.5) is 4.39 Å². The molecule has 5 rings (SSSR count). The number of nitrogens with zero attached hydrogens (tertiary/aromatic N) is 6. The van der Waals surface area contributed by atoms with Gasteiger partial charge in [0, 0.05) is 46.2 Å². The first-order valence-corrected chi connectivity index (χ1v) is 10.7. The second-order valence-electron chi connectivity index (χ2n) is 8.11. The minimum atomic E-state index is -0.614. The lowest BCUT2D eigenvalue weighted by atomic mass is 9.96. The molecular formula is C22H22ClFN6O. The van der Waals surface area contributed by atoms with Gasteiger partial charge in [0.25, 0.3) is 5.91 Å². The summed E-state index contributed by atoms with van der Waals surface area (Å²) in [6.45, 7) is 8.44. The zero-order chi connectivity index (χ0) is 22.0. The average molecular weight is 441 g/mol. The van der Waals surface area contributed by atoms with E-state index >= 15 is 4.39 Å². The quantitative estimate of drug-likeness (QED) is 0.603. The number of aryl methyl sites for hydroxylation is 2. The highest BCUT2D eigenvalue weighted by molar-refractivity contribution is 6.30. The maximum absolute atomic E-state index is 15.1. The van der Waals surface area contributed by atoms with Crippen molar-refractivity contribution in [3.05, 3.63) is 68.9 Å². The molecule has 9 heteroatoms. The molecule has 0 bridgehead atoms. The maximum Gasteiger partial charge on any atom is 0.279 e. The van der Waals surface area contributed by atoms with Crippen LogP contribution in [0.25, 0.3) is 6.20 Å². The number of rotatable bonds is 3. The molecule has 2 atom stereocenters. The van der Waals surface area contributed by atoms with Crippen molar-refractivity contribution < 1.29 is 9.18 Å². The zero-order valence-electron chi connectivity index (χ0n) is 17.7. The third kappa shape index (κ3) is 2.85. The van der Waals surface area contributed by atoms with Gasteiger partial charge in [-0.05, 0) is 39.3 Å². The van der Waals surface area contributed by atoms with E-state index in [2.05, 4.69) is 15.3 Å². The van der Waals surface area contributed by atoms with Crippen LogP contribution in [0.5, 0.6) is 0 Å². The number of aromatic nitrogens is 5. The first-order valence-electron chi connectivity index (χ1n) is 10.3. The van der Waals surface area contributed by atoms with Crippen LogP contribution in [0.1, 0.15) is 71.2 Å². The standard InChI is InChI=1S/C22H22ClFN6O/c1-5-29-12(3)18-19(27-29)22(31)30(20(18)16-7-6-14(23)9-17(16)24)15-8-11(2)21-26-25-13(4)28(21)10-15/h6-7,9-11,20H,5,8H2,1-4H3. The molecular weight excluding hydrogens is 419 g/mol. The lowest BCUT2D eigenvalue weighted by molar-refractivity contribution is 0.0789. The summed E-state index contributed by atoms with van der Waals surface area (Å²) in [7, 11) is 0. The van der Waals surface area contributed by atoms with Gasteiger partial charge in [-0.3, -0.25) is 18.9 Å². The van der Waals surface area contributed by atoms with Gasteiger partial charge in [-0.15, -0.1) is 10.2 Å². The van der Waals surface area contributed by atoms with E-state index in [0.29, 0.717) is 29.2 Å². The summed E-state index contributed by atoms with van der Waals surface area (Å²) < 4.78 is 18.8. The summed E-state index contributed by atoms with van der Waals surface area (Å²) in [6.07, 6.45) is 2.48. The fourth-order valence-corrected chi connectivity index (χ4v) is 4.84. The minimum absolute atomic E-state index is 0.0642. The van der Waals surface area contributed by atoms with Gasteiger partial charge in [0.1, 0.15) is 17.5 Å². The van der Waals surface area contributed by atoms with Crippen LogP contribution in [-0.2, 0) is 6.54 Å². The number of halogens is 2. The van der Waals surface area contributed by atoms with Crippen LogP contribution in [0.2, 0.25) is 5.02 Å². The summed E-state index contributed by atoms with van der Waals surface area (Å²) in [5, 5.41) is 13.3. The SMILES string of the molecule is CCn1nc2c(c1C)C(c1ccc(Cl)cc1F)N(C1=Cn3c(C)nnc3C(C)C1)C2=O. The Hall–Kier alpha value is -3.00. The van der Waals surface area contributed by atoms with Gasteiger partial charge >= 0.3 is 0 Å². The lowest BCUT2D eigenvalue weighted by Crippen LogP contribution is -2.32. The third-order valence-corrected chi connectivity index (χ3v) is 6.43. The van der Waals surface area contributed by atoms with E-state index in [-0.39, 0.29) is 11.8 Å². The van der Waals surface area contributed by atoms with E-state index in [1.807, 2.05) is 38.5 Å².